The van der Waals surface area contributed by atoms with Crippen molar-refractivity contribution in [2.24, 2.45) is 0 Å². The molecule has 0 N–H and O–H groups in total. The third kappa shape index (κ3) is 2.78. The first-order chi connectivity index (χ1) is 8.27. The molecular formula is C13H17BrClNO. The van der Waals surface area contributed by atoms with E-state index < -0.39 is 0 Å². The molecule has 4 heteroatoms. The van der Waals surface area contributed by atoms with E-state index in [1.807, 2.05) is 12.1 Å². The quantitative estimate of drug-likeness (QED) is 0.785. The predicted molar refractivity (Wildman–Crippen MR) is 76.3 cm³/mol. The van der Waals surface area contributed by atoms with Crippen LogP contribution < -0.4 is 4.90 Å². The van der Waals surface area contributed by atoms with Crippen LogP contribution in [0.25, 0.3) is 0 Å². The first-order valence-corrected chi connectivity index (χ1v) is 7.45. The number of halogens is 2. The standard InChI is InChI=1S/C13H17BrClNO/c1-2-11-9-17-7-6-16(11)13-10(8-14)4-3-5-12(13)15/h3-5,11H,2,6-9H2,1H3. The molecule has 0 amide bonds. The minimum absolute atomic E-state index is 0.432. The molecule has 1 aromatic rings. The Morgan fingerprint density at radius 1 is 1.53 bits per heavy atom. The molecule has 17 heavy (non-hydrogen) atoms. The summed E-state index contributed by atoms with van der Waals surface area (Å²) in [5, 5.41) is 1.67. The van der Waals surface area contributed by atoms with Crippen molar-refractivity contribution in [2.75, 3.05) is 24.7 Å². The van der Waals surface area contributed by atoms with Gasteiger partial charge in [0.25, 0.3) is 0 Å². The Bertz CT molecular complexity index is 386. The fourth-order valence-electron chi connectivity index (χ4n) is 2.28. The third-order valence-electron chi connectivity index (χ3n) is 3.20. The predicted octanol–water partition coefficient (Wildman–Crippen LogP) is 3.85. The van der Waals surface area contributed by atoms with E-state index in [0.29, 0.717) is 6.04 Å². The van der Waals surface area contributed by atoms with Crippen molar-refractivity contribution in [1.29, 1.82) is 0 Å². The minimum atomic E-state index is 0.432. The highest BCUT2D eigenvalue weighted by molar-refractivity contribution is 9.08. The second-order valence-electron chi connectivity index (χ2n) is 4.21. The van der Waals surface area contributed by atoms with E-state index in [1.165, 1.54) is 11.3 Å². The van der Waals surface area contributed by atoms with E-state index in [9.17, 15) is 0 Å². The lowest BCUT2D eigenvalue weighted by atomic mass is 10.1. The molecule has 1 aliphatic rings. The van der Waals surface area contributed by atoms with Crippen molar-refractivity contribution >= 4 is 33.2 Å². The van der Waals surface area contributed by atoms with Crippen molar-refractivity contribution < 1.29 is 4.74 Å². The Morgan fingerprint density at radius 2 is 2.35 bits per heavy atom. The Labute approximate surface area is 116 Å². The minimum Gasteiger partial charge on any atom is -0.377 e. The van der Waals surface area contributed by atoms with Crippen LogP contribution in [0.15, 0.2) is 18.2 Å². The van der Waals surface area contributed by atoms with Crippen LogP contribution in [0, 0.1) is 0 Å². The van der Waals surface area contributed by atoms with Crippen LogP contribution in [0.4, 0.5) is 5.69 Å². The van der Waals surface area contributed by atoms with Crippen LogP contribution in [-0.2, 0) is 10.1 Å². The molecule has 0 aromatic heterocycles. The van der Waals surface area contributed by atoms with E-state index in [4.69, 9.17) is 16.3 Å². The van der Waals surface area contributed by atoms with E-state index >= 15 is 0 Å². The fraction of sp³-hybridized carbons (Fsp3) is 0.538. The molecule has 1 heterocycles. The van der Waals surface area contributed by atoms with Gasteiger partial charge < -0.3 is 9.64 Å². The van der Waals surface area contributed by atoms with Crippen molar-refractivity contribution in [2.45, 2.75) is 24.7 Å². The summed E-state index contributed by atoms with van der Waals surface area (Å²) in [6.07, 6.45) is 1.08. The topological polar surface area (TPSA) is 12.5 Å². The molecule has 94 valence electrons. The van der Waals surface area contributed by atoms with Crippen molar-refractivity contribution in [3.05, 3.63) is 28.8 Å². The Balaban J connectivity index is 2.36. The van der Waals surface area contributed by atoms with Crippen LogP contribution >= 0.6 is 27.5 Å². The van der Waals surface area contributed by atoms with Gasteiger partial charge in [0.15, 0.2) is 0 Å². The average molecular weight is 319 g/mol. The molecule has 1 aliphatic heterocycles. The summed E-state index contributed by atoms with van der Waals surface area (Å²) in [6, 6.07) is 6.52. The molecule has 1 fully saturated rings. The number of anilines is 1. The zero-order valence-corrected chi connectivity index (χ0v) is 12.3. The van der Waals surface area contributed by atoms with Gasteiger partial charge in [0, 0.05) is 11.9 Å². The molecule has 1 aromatic carbocycles. The number of alkyl halides is 1. The number of para-hydroxylation sites is 1. The van der Waals surface area contributed by atoms with Crippen molar-refractivity contribution in [1.82, 2.24) is 0 Å². The first kappa shape index (κ1) is 13.2. The normalized spacial score (nSPS) is 20.6. The van der Waals surface area contributed by atoms with Gasteiger partial charge in [-0.15, -0.1) is 0 Å². The summed E-state index contributed by atoms with van der Waals surface area (Å²) < 4.78 is 5.54. The van der Waals surface area contributed by atoms with Gasteiger partial charge in [0.1, 0.15) is 0 Å². The highest BCUT2D eigenvalue weighted by Crippen LogP contribution is 2.34. The highest BCUT2D eigenvalue weighted by Gasteiger charge is 2.24. The van der Waals surface area contributed by atoms with E-state index in [-0.39, 0.29) is 0 Å². The zero-order valence-electron chi connectivity index (χ0n) is 9.96. The van der Waals surface area contributed by atoms with Gasteiger partial charge in [-0.25, -0.2) is 0 Å². The monoisotopic (exact) mass is 317 g/mol. The number of ether oxygens (including phenoxy) is 1. The largest absolute Gasteiger partial charge is 0.377 e. The molecule has 1 unspecified atom stereocenters. The molecular weight excluding hydrogens is 302 g/mol. The fourth-order valence-corrected chi connectivity index (χ4v) is 3.03. The van der Waals surface area contributed by atoms with E-state index in [1.54, 1.807) is 0 Å². The lowest BCUT2D eigenvalue weighted by molar-refractivity contribution is 0.0929. The number of nitrogens with zero attached hydrogens (tertiary/aromatic N) is 1. The third-order valence-corrected chi connectivity index (χ3v) is 4.11. The first-order valence-electron chi connectivity index (χ1n) is 5.95. The van der Waals surface area contributed by atoms with Crippen molar-refractivity contribution in [3.63, 3.8) is 0 Å². The molecule has 1 saturated heterocycles. The zero-order chi connectivity index (χ0) is 12.3. The maximum atomic E-state index is 6.36. The Hall–Kier alpha value is -0.250. The number of hydrogen-bond donors (Lipinski definition) is 0. The van der Waals surface area contributed by atoms with E-state index in [2.05, 4.69) is 33.8 Å². The molecule has 0 radical (unpaired) electrons. The van der Waals surface area contributed by atoms with Gasteiger partial charge in [0.2, 0.25) is 0 Å². The smallest absolute Gasteiger partial charge is 0.0670 e. The van der Waals surface area contributed by atoms with Gasteiger partial charge in [-0.2, -0.15) is 0 Å². The SMILES string of the molecule is CCC1COCCN1c1c(Cl)cccc1CBr. The molecule has 1 atom stereocenters. The van der Waals surface area contributed by atoms with Crippen LogP contribution in [0.2, 0.25) is 5.02 Å². The van der Waals surface area contributed by atoms with Crippen LogP contribution in [0.1, 0.15) is 18.9 Å². The van der Waals surface area contributed by atoms with Gasteiger partial charge in [-0.3, -0.25) is 0 Å². The summed E-state index contributed by atoms with van der Waals surface area (Å²) in [5.74, 6) is 0. The highest BCUT2D eigenvalue weighted by atomic mass is 79.9. The molecule has 2 nitrogen and oxygen atoms in total. The maximum absolute atomic E-state index is 6.36. The Kier molecular flexibility index (Phi) is 4.71. The molecule has 0 aliphatic carbocycles. The second kappa shape index (κ2) is 6.07. The summed E-state index contributed by atoms with van der Waals surface area (Å²) in [6.45, 7) is 4.69. The summed E-state index contributed by atoms with van der Waals surface area (Å²) >= 11 is 9.89. The van der Waals surface area contributed by atoms with Crippen molar-refractivity contribution in [3.8, 4) is 0 Å². The summed E-state index contributed by atoms with van der Waals surface area (Å²) in [5.41, 5.74) is 2.42. The molecule has 0 spiro atoms. The maximum Gasteiger partial charge on any atom is 0.0670 e. The average Bonchev–Trinajstić information content (AvgIpc) is 2.38. The van der Waals surface area contributed by atoms with Gasteiger partial charge in [-0.1, -0.05) is 46.6 Å². The van der Waals surface area contributed by atoms with Gasteiger partial charge in [-0.05, 0) is 18.1 Å². The summed E-state index contributed by atoms with van der Waals surface area (Å²) in [4.78, 5) is 2.39. The van der Waals surface area contributed by atoms with Gasteiger partial charge in [0.05, 0.1) is 30.0 Å². The summed E-state index contributed by atoms with van der Waals surface area (Å²) in [7, 11) is 0. The Morgan fingerprint density at radius 3 is 3.06 bits per heavy atom. The van der Waals surface area contributed by atoms with Crippen LogP contribution in [0.3, 0.4) is 0 Å². The van der Waals surface area contributed by atoms with Crippen LogP contribution in [0.5, 0.6) is 0 Å². The lowest BCUT2D eigenvalue weighted by Crippen LogP contribution is -2.45. The van der Waals surface area contributed by atoms with Crippen LogP contribution in [-0.4, -0.2) is 25.8 Å². The molecule has 0 saturated carbocycles. The number of benzene rings is 1. The van der Waals surface area contributed by atoms with E-state index in [0.717, 1.165) is 36.5 Å². The van der Waals surface area contributed by atoms with Gasteiger partial charge >= 0.3 is 0 Å². The molecule has 0 bridgehead atoms. The lowest BCUT2D eigenvalue weighted by Gasteiger charge is -2.38. The molecule has 2 rings (SSSR count). The number of morpholine rings is 1. The second-order valence-corrected chi connectivity index (χ2v) is 5.18. The number of hydrogen-bond acceptors (Lipinski definition) is 2. The number of rotatable bonds is 3.